The molecule has 1 atom stereocenters. The second kappa shape index (κ2) is 6.75. The first-order valence-electron chi connectivity index (χ1n) is 7.29. The van der Waals surface area contributed by atoms with Crippen molar-refractivity contribution in [2.75, 3.05) is 25.1 Å². The average Bonchev–Trinajstić information content (AvgIpc) is 2.45. The number of carbonyl (C=O) groups is 1. The van der Waals surface area contributed by atoms with Gasteiger partial charge in [-0.2, -0.15) is 0 Å². The Hall–Kier alpha value is -1.55. The smallest absolute Gasteiger partial charge is 0.305 e. The zero-order chi connectivity index (χ0) is 14.5. The lowest BCUT2D eigenvalue weighted by Gasteiger charge is -2.28. The molecule has 1 aliphatic heterocycles. The van der Waals surface area contributed by atoms with Crippen molar-refractivity contribution in [2.45, 2.75) is 38.7 Å². The van der Waals surface area contributed by atoms with E-state index in [0.29, 0.717) is 13.0 Å². The van der Waals surface area contributed by atoms with Crippen LogP contribution in [0.4, 0.5) is 5.69 Å². The van der Waals surface area contributed by atoms with E-state index < -0.39 is 6.10 Å². The quantitative estimate of drug-likeness (QED) is 0.840. The predicted octanol–water partition coefficient (Wildman–Crippen LogP) is 2.45. The summed E-state index contributed by atoms with van der Waals surface area (Å²) in [5, 5.41) is 10.2. The van der Waals surface area contributed by atoms with Crippen LogP contribution in [0.5, 0.6) is 0 Å². The Balaban J connectivity index is 2.00. The van der Waals surface area contributed by atoms with Crippen LogP contribution in [0.25, 0.3) is 0 Å². The molecule has 0 saturated heterocycles. The fraction of sp³-hybridized carbons (Fsp3) is 0.562. The molecule has 4 nitrogen and oxygen atoms in total. The van der Waals surface area contributed by atoms with Crippen LogP contribution >= 0.6 is 0 Å². The molecule has 1 heterocycles. The van der Waals surface area contributed by atoms with Crippen molar-refractivity contribution in [3.63, 3.8) is 0 Å². The van der Waals surface area contributed by atoms with Crippen LogP contribution in [-0.2, 0) is 16.0 Å². The van der Waals surface area contributed by atoms with Crippen molar-refractivity contribution in [2.24, 2.45) is 0 Å². The van der Waals surface area contributed by atoms with E-state index in [1.807, 2.05) is 6.07 Å². The zero-order valence-corrected chi connectivity index (χ0v) is 12.3. The van der Waals surface area contributed by atoms with Crippen molar-refractivity contribution in [3.8, 4) is 0 Å². The second-order valence-electron chi connectivity index (χ2n) is 5.27. The highest BCUT2D eigenvalue weighted by molar-refractivity contribution is 5.69. The molecule has 0 spiro atoms. The van der Waals surface area contributed by atoms with Gasteiger partial charge in [0.15, 0.2) is 0 Å². The SMILES string of the molecule is CCOC(=O)CCC(O)c1ccc2c(c1)CCCN2C. The molecule has 2 rings (SSSR count). The number of carbonyl (C=O) groups excluding carboxylic acids is 1. The summed E-state index contributed by atoms with van der Waals surface area (Å²) in [5.74, 6) is -0.246. The number of fused-ring (bicyclic) bond motifs is 1. The van der Waals surface area contributed by atoms with Gasteiger partial charge in [-0.25, -0.2) is 0 Å². The molecule has 0 aromatic heterocycles. The van der Waals surface area contributed by atoms with E-state index in [-0.39, 0.29) is 12.4 Å². The fourth-order valence-electron chi connectivity index (χ4n) is 2.67. The number of aliphatic hydroxyl groups excluding tert-OH is 1. The van der Waals surface area contributed by atoms with Crippen LogP contribution in [0.2, 0.25) is 0 Å². The van der Waals surface area contributed by atoms with Crippen molar-refractivity contribution in [1.82, 2.24) is 0 Å². The Kier molecular flexibility index (Phi) is 5.01. The first-order chi connectivity index (χ1) is 9.61. The first kappa shape index (κ1) is 14.9. The number of anilines is 1. The van der Waals surface area contributed by atoms with Gasteiger partial charge in [0.25, 0.3) is 0 Å². The number of ether oxygens (including phenoxy) is 1. The molecule has 0 fully saturated rings. The number of nitrogens with zero attached hydrogens (tertiary/aromatic N) is 1. The minimum absolute atomic E-state index is 0.246. The lowest BCUT2D eigenvalue weighted by Crippen LogP contribution is -2.24. The van der Waals surface area contributed by atoms with Crippen LogP contribution in [0.1, 0.15) is 43.4 Å². The average molecular weight is 277 g/mol. The fourth-order valence-corrected chi connectivity index (χ4v) is 2.67. The topological polar surface area (TPSA) is 49.8 Å². The van der Waals surface area contributed by atoms with E-state index in [4.69, 9.17) is 4.74 Å². The maximum Gasteiger partial charge on any atom is 0.305 e. The Morgan fingerprint density at radius 1 is 1.50 bits per heavy atom. The van der Waals surface area contributed by atoms with E-state index in [0.717, 1.165) is 24.9 Å². The molecule has 0 amide bonds. The number of rotatable bonds is 5. The molecule has 20 heavy (non-hydrogen) atoms. The molecule has 1 aromatic carbocycles. The van der Waals surface area contributed by atoms with E-state index in [2.05, 4.69) is 24.1 Å². The molecule has 4 heteroatoms. The Morgan fingerprint density at radius 2 is 2.30 bits per heavy atom. The maximum absolute atomic E-state index is 11.3. The summed E-state index contributed by atoms with van der Waals surface area (Å²) >= 11 is 0. The molecular formula is C16H23NO3. The Bertz CT molecular complexity index is 473. The van der Waals surface area contributed by atoms with Crippen molar-refractivity contribution >= 4 is 11.7 Å². The predicted molar refractivity (Wildman–Crippen MR) is 78.9 cm³/mol. The summed E-state index contributed by atoms with van der Waals surface area (Å²) < 4.78 is 4.88. The van der Waals surface area contributed by atoms with Crippen LogP contribution in [-0.4, -0.2) is 31.3 Å². The van der Waals surface area contributed by atoms with Gasteiger partial charge in [0, 0.05) is 25.7 Å². The van der Waals surface area contributed by atoms with Gasteiger partial charge in [-0.3, -0.25) is 4.79 Å². The molecule has 1 N–H and O–H groups in total. The van der Waals surface area contributed by atoms with Crippen LogP contribution < -0.4 is 4.90 Å². The minimum atomic E-state index is -0.600. The molecule has 1 unspecified atom stereocenters. The number of esters is 1. The standard InChI is InChI=1S/C16H23NO3/c1-3-20-16(19)9-8-15(18)13-6-7-14-12(11-13)5-4-10-17(14)2/h6-7,11,15,18H,3-5,8-10H2,1-2H3. The molecule has 0 saturated carbocycles. The zero-order valence-electron chi connectivity index (χ0n) is 12.3. The van der Waals surface area contributed by atoms with Gasteiger partial charge >= 0.3 is 5.97 Å². The highest BCUT2D eigenvalue weighted by Crippen LogP contribution is 2.29. The van der Waals surface area contributed by atoms with Gasteiger partial charge in [0.2, 0.25) is 0 Å². The summed E-state index contributed by atoms with van der Waals surface area (Å²) in [7, 11) is 2.09. The molecule has 0 radical (unpaired) electrons. The third-order valence-electron chi connectivity index (χ3n) is 3.77. The second-order valence-corrected chi connectivity index (χ2v) is 5.27. The van der Waals surface area contributed by atoms with Gasteiger partial charge < -0.3 is 14.7 Å². The third-order valence-corrected chi connectivity index (χ3v) is 3.77. The van der Waals surface area contributed by atoms with Crippen molar-refractivity contribution in [1.29, 1.82) is 0 Å². The summed E-state index contributed by atoms with van der Waals surface area (Å²) in [4.78, 5) is 13.6. The highest BCUT2D eigenvalue weighted by atomic mass is 16.5. The van der Waals surface area contributed by atoms with E-state index in [1.54, 1.807) is 6.92 Å². The molecule has 110 valence electrons. The number of aliphatic hydroxyl groups is 1. The van der Waals surface area contributed by atoms with Gasteiger partial charge in [0.05, 0.1) is 12.7 Å². The lowest BCUT2D eigenvalue weighted by atomic mass is 9.96. The number of hydrogen-bond donors (Lipinski definition) is 1. The minimum Gasteiger partial charge on any atom is -0.466 e. The normalized spacial score (nSPS) is 15.7. The van der Waals surface area contributed by atoms with Gasteiger partial charge in [-0.1, -0.05) is 12.1 Å². The number of hydrogen-bond acceptors (Lipinski definition) is 4. The third kappa shape index (κ3) is 3.51. The van der Waals surface area contributed by atoms with Crippen molar-refractivity contribution in [3.05, 3.63) is 29.3 Å². The Labute approximate surface area is 120 Å². The number of benzene rings is 1. The van der Waals surface area contributed by atoms with Gasteiger partial charge in [-0.15, -0.1) is 0 Å². The Morgan fingerprint density at radius 3 is 3.05 bits per heavy atom. The summed E-state index contributed by atoms with van der Waals surface area (Å²) in [6.45, 7) is 3.26. The van der Waals surface area contributed by atoms with Crippen LogP contribution in [0, 0.1) is 0 Å². The first-order valence-corrected chi connectivity index (χ1v) is 7.29. The van der Waals surface area contributed by atoms with Crippen LogP contribution in [0.3, 0.4) is 0 Å². The maximum atomic E-state index is 11.3. The molecule has 0 aliphatic carbocycles. The molecule has 1 aliphatic rings. The highest BCUT2D eigenvalue weighted by Gasteiger charge is 2.17. The lowest BCUT2D eigenvalue weighted by molar-refractivity contribution is -0.143. The largest absolute Gasteiger partial charge is 0.466 e. The molecule has 0 bridgehead atoms. The van der Waals surface area contributed by atoms with Crippen molar-refractivity contribution < 1.29 is 14.6 Å². The summed E-state index contributed by atoms with van der Waals surface area (Å²) in [6.07, 6.45) is 2.26. The monoisotopic (exact) mass is 277 g/mol. The van der Waals surface area contributed by atoms with Gasteiger partial charge in [-0.05, 0) is 43.4 Å². The van der Waals surface area contributed by atoms with Crippen LogP contribution in [0.15, 0.2) is 18.2 Å². The number of aryl methyl sites for hydroxylation is 1. The summed E-state index contributed by atoms with van der Waals surface area (Å²) in [5.41, 5.74) is 3.42. The van der Waals surface area contributed by atoms with E-state index >= 15 is 0 Å². The molecular weight excluding hydrogens is 254 g/mol. The van der Waals surface area contributed by atoms with Gasteiger partial charge in [0.1, 0.15) is 0 Å². The molecule has 1 aromatic rings. The summed E-state index contributed by atoms with van der Waals surface area (Å²) in [6, 6.07) is 6.09. The van der Waals surface area contributed by atoms with E-state index in [1.165, 1.54) is 11.3 Å². The van der Waals surface area contributed by atoms with E-state index in [9.17, 15) is 9.90 Å².